The highest BCUT2D eigenvalue weighted by Gasteiger charge is 2.07. The zero-order valence-corrected chi connectivity index (χ0v) is 15.0. The van der Waals surface area contributed by atoms with Crippen molar-refractivity contribution in [1.29, 1.82) is 0 Å². The first kappa shape index (κ1) is 17.6. The quantitative estimate of drug-likeness (QED) is 0.739. The van der Waals surface area contributed by atoms with Crippen molar-refractivity contribution in [3.63, 3.8) is 0 Å². The second kappa shape index (κ2) is 8.25. The van der Waals surface area contributed by atoms with Gasteiger partial charge in [0, 0.05) is 31.5 Å². The molecule has 1 amide bonds. The summed E-state index contributed by atoms with van der Waals surface area (Å²) in [5, 5.41) is 2.83. The van der Waals surface area contributed by atoms with Crippen molar-refractivity contribution in [2.75, 3.05) is 23.8 Å². The summed E-state index contributed by atoms with van der Waals surface area (Å²) in [6, 6.07) is 15.3. The Morgan fingerprint density at radius 2 is 1.77 bits per heavy atom. The third-order valence-corrected chi connectivity index (χ3v) is 4.23. The maximum atomic E-state index is 12.2. The van der Waals surface area contributed by atoms with E-state index in [0.29, 0.717) is 11.4 Å². The molecule has 2 heterocycles. The van der Waals surface area contributed by atoms with Crippen LogP contribution in [0.3, 0.4) is 0 Å². The Kier molecular flexibility index (Phi) is 5.59. The Balaban J connectivity index is 1.57. The molecule has 3 aromatic rings. The van der Waals surface area contributed by atoms with Gasteiger partial charge < -0.3 is 10.2 Å². The van der Waals surface area contributed by atoms with Crippen LogP contribution in [0.1, 0.15) is 21.5 Å². The predicted molar refractivity (Wildman–Crippen MR) is 105 cm³/mol. The van der Waals surface area contributed by atoms with Crippen molar-refractivity contribution in [3.05, 3.63) is 83.8 Å². The molecule has 0 saturated carbocycles. The number of hydrogen-bond acceptors (Lipinski definition) is 4. The SMILES string of the molecule is Cc1ccc(C(=O)Nc2ccc(N(C)CCc3ccncc3)cn2)cc1. The summed E-state index contributed by atoms with van der Waals surface area (Å²) >= 11 is 0. The van der Waals surface area contributed by atoms with E-state index in [0.717, 1.165) is 24.2 Å². The number of aromatic nitrogens is 2. The fourth-order valence-electron chi connectivity index (χ4n) is 2.55. The number of likely N-dealkylation sites (N-methyl/N-ethyl adjacent to an activating group) is 1. The van der Waals surface area contributed by atoms with Gasteiger partial charge >= 0.3 is 0 Å². The molecule has 0 atom stereocenters. The minimum Gasteiger partial charge on any atom is -0.373 e. The van der Waals surface area contributed by atoms with Crippen LogP contribution < -0.4 is 10.2 Å². The van der Waals surface area contributed by atoms with Crippen LogP contribution in [0.2, 0.25) is 0 Å². The highest BCUT2D eigenvalue weighted by atomic mass is 16.1. The fraction of sp³-hybridized carbons (Fsp3) is 0.190. The number of anilines is 2. The van der Waals surface area contributed by atoms with E-state index in [1.807, 2.05) is 74.9 Å². The minimum absolute atomic E-state index is 0.156. The molecule has 5 heteroatoms. The lowest BCUT2D eigenvalue weighted by atomic mass is 10.1. The van der Waals surface area contributed by atoms with Gasteiger partial charge in [-0.1, -0.05) is 17.7 Å². The van der Waals surface area contributed by atoms with Crippen molar-refractivity contribution in [2.45, 2.75) is 13.3 Å². The molecule has 0 fully saturated rings. The number of rotatable bonds is 6. The second-order valence-electron chi connectivity index (χ2n) is 6.25. The third-order valence-electron chi connectivity index (χ3n) is 4.23. The standard InChI is InChI=1S/C21H22N4O/c1-16-3-5-18(6-4-16)21(26)24-20-8-7-19(15-23-20)25(2)14-11-17-9-12-22-13-10-17/h3-10,12-13,15H,11,14H2,1-2H3,(H,23,24,26). The Morgan fingerprint density at radius 3 is 2.42 bits per heavy atom. The topological polar surface area (TPSA) is 58.1 Å². The molecule has 1 aromatic carbocycles. The third kappa shape index (κ3) is 4.66. The van der Waals surface area contributed by atoms with E-state index >= 15 is 0 Å². The van der Waals surface area contributed by atoms with Crippen LogP contribution in [0.5, 0.6) is 0 Å². The molecule has 2 aromatic heterocycles. The van der Waals surface area contributed by atoms with Crippen LogP contribution >= 0.6 is 0 Å². The number of amides is 1. The number of pyridine rings is 2. The molecule has 0 radical (unpaired) electrons. The van der Waals surface area contributed by atoms with Crippen molar-refractivity contribution >= 4 is 17.4 Å². The molecule has 3 rings (SSSR count). The smallest absolute Gasteiger partial charge is 0.256 e. The van der Waals surface area contributed by atoms with Crippen LogP contribution in [-0.2, 0) is 6.42 Å². The van der Waals surface area contributed by atoms with Crippen LogP contribution in [0.4, 0.5) is 11.5 Å². The first-order valence-corrected chi connectivity index (χ1v) is 8.56. The van der Waals surface area contributed by atoms with E-state index in [4.69, 9.17) is 0 Å². The van der Waals surface area contributed by atoms with Crippen molar-refractivity contribution in [1.82, 2.24) is 9.97 Å². The average molecular weight is 346 g/mol. The van der Waals surface area contributed by atoms with E-state index < -0.39 is 0 Å². The van der Waals surface area contributed by atoms with Gasteiger partial charge in [0.05, 0.1) is 11.9 Å². The van der Waals surface area contributed by atoms with Gasteiger partial charge in [0.1, 0.15) is 5.82 Å². The van der Waals surface area contributed by atoms with Gasteiger partial charge in [-0.05, 0) is 55.3 Å². The largest absolute Gasteiger partial charge is 0.373 e. The zero-order chi connectivity index (χ0) is 18.4. The van der Waals surface area contributed by atoms with E-state index in [-0.39, 0.29) is 5.91 Å². The predicted octanol–water partition coefficient (Wildman–Crippen LogP) is 3.72. The van der Waals surface area contributed by atoms with Gasteiger partial charge in [-0.2, -0.15) is 0 Å². The number of benzene rings is 1. The Bertz CT molecular complexity index is 845. The Hall–Kier alpha value is -3.21. The molecule has 132 valence electrons. The minimum atomic E-state index is -0.156. The number of aryl methyl sites for hydroxylation is 1. The molecule has 0 saturated heterocycles. The molecule has 0 bridgehead atoms. The molecular formula is C21H22N4O. The van der Waals surface area contributed by atoms with E-state index in [9.17, 15) is 4.79 Å². The molecule has 1 N–H and O–H groups in total. The summed E-state index contributed by atoms with van der Waals surface area (Å²) in [5.74, 6) is 0.387. The van der Waals surface area contributed by atoms with Gasteiger partial charge in [-0.25, -0.2) is 4.98 Å². The number of hydrogen-bond donors (Lipinski definition) is 1. The summed E-state index contributed by atoms with van der Waals surface area (Å²) in [4.78, 5) is 22.8. The van der Waals surface area contributed by atoms with E-state index in [1.54, 1.807) is 6.20 Å². The Labute approximate surface area is 153 Å². The molecule has 0 aliphatic rings. The second-order valence-corrected chi connectivity index (χ2v) is 6.25. The van der Waals surface area contributed by atoms with Gasteiger partial charge in [-0.3, -0.25) is 9.78 Å². The van der Waals surface area contributed by atoms with Gasteiger partial charge in [0.2, 0.25) is 0 Å². The number of nitrogens with one attached hydrogen (secondary N) is 1. The number of nitrogens with zero attached hydrogens (tertiary/aromatic N) is 3. The first-order valence-electron chi connectivity index (χ1n) is 8.56. The first-order chi connectivity index (χ1) is 12.6. The summed E-state index contributed by atoms with van der Waals surface area (Å²) < 4.78 is 0. The van der Waals surface area contributed by atoms with Crippen molar-refractivity contribution < 1.29 is 4.79 Å². The van der Waals surface area contributed by atoms with Gasteiger partial charge in [0.25, 0.3) is 5.91 Å². The summed E-state index contributed by atoms with van der Waals surface area (Å²) in [7, 11) is 2.03. The zero-order valence-electron chi connectivity index (χ0n) is 15.0. The molecule has 5 nitrogen and oxygen atoms in total. The molecular weight excluding hydrogens is 324 g/mol. The van der Waals surface area contributed by atoms with Crippen LogP contribution in [0.15, 0.2) is 67.1 Å². The maximum absolute atomic E-state index is 12.2. The highest BCUT2D eigenvalue weighted by molar-refractivity contribution is 6.03. The van der Waals surface area contributed by atoms with E-state index in [2.05, 4.69) is 20.2 Å². The van der Waals surface area contributed by atoms with Crippen LogP contribution in [0.25, 0.3) is 0 Å². The molecule has 0 aliphatic heterocycles. The monoisotopic (exact) mass is 346 g/mol. The van der Waals surface area contributed by atoms with Gasteiger partial charge in [0.15, 0.2) is 0 Å². The van der Waals surface area contributed by atoms with Gasteiger partial charge in [-0.15, -0.1) is 0 Å². The van der Waals surface area contributed by atoms with Crippen LogP contribution in [0, 0.1) is 6.92 Å². The maximum Gasteiger partial charge on any atom is 0.256 e. The molecule has 0 spiro atoms. The lowest BCUT2D eigenvalue weighted by Crippen LogP contribution is -2.20. The summed E-state index contributed by atoms with van der Waals surface area (Å²) in [6.45, 7) is 2.87. The lowest BCUT2D eigenvalue weighted by molar-refractivity contribution is 0.102. The Morgan fingerprint density at radius 1 is 1.04 bits per heavy atom. The number of carbonyl (C=O) groups excluding carboxylic acids is 1. The van der Waals surface area contributed by atoms with Crippen LogP contribution in [-0.4, -0.2) is 29.5 Å². The number of carbonyl (C=O) groups is 1. The molecule has 26 heavy (non-hydrogen) atoms. The molecule has 0 unspecified atom stereocenters. The highest BCUT2D eigenvalue weighted by Crippen LogP contribution is 2.15. The van der Waals surface area contributed by atoms with Crippen molar-refractivity contribution in [2.24, 2.45) is 0 Å². The molecule has 0 aliphatic carbocycles. The summed E-state index contributed by atoms with van der Waals surface area (Å²) in [5.41, 5.74) is 4.00. The average Bonchev–Trinajstić information content (AvgIpc) is 2.68. The summed E-state index contributed by atoms with van der Waals surface area (Å²) in [6.07, 6.45) is 6.33. The fourth-order valence-corrected chi connectivity index (χ4v) is 2.55. The lowest BCUT2D eigenvalue weighted by Gasteiger charge is -2.19. The van der Waals surface area contributed by atoms with E-state index in [1.165, 1.54) is 5.56 Å². The van der Waals surface area contributed by atoms with Crippen molar-refractivity contribution in [3.8, 4) is 0 Å². The normalized spacial score (nSPS) is 10.4.